The quantitative estimate of drug-likeness (QED) is 0.595. The van der Waals surface area contributed by atoms with Gasteiger partial charge in [0.1, 0.15) is 6.34 Å². The maximum Gasteiger partial charge on any atom is 0.104 e. The fourth-order valence-electron chi connectivity index (χ4n) is 4.10. The van der Waals surface area contributed by atoms with E-state index in [2.05, 4.69) is 41.9 Å². The number of hydrogen-bond donors (Lipinski definition) is 0. The Bertz CT molecular complexity index is 453. The molecule has 0 spiro atoms. The topological polar surface area (TPSA) is 19.0 Å². The van der Waals surface area contributed by atoms with Crippen LogP contribution in [0.5, 0.6) is 0 Å². The number of morpholine rings is 1. The first-order valence-corrected chi connectivity index (χ1v) is 12.5. The average Bonchev–Trinajstić information content (AvgIpc) is 2.64. The molecule has 4 nitrogen and oxygen atoms in total. The summed E-state index contributed by atoms with van der Waals surface area (Å²) in [5.74, 6) is 0. The zero-order valence-corrected chi connectivity index (χ0v) is 17.8. The Morgan fingerprint density at radius 1 is 0.917 bits per heavy atom. The van der Waals surface area contributed by atoms with Gasteiger partial charge < -0.3 is 9.64 Å². The van der Waals surface area contributed by atoms with E-state index in [9.17, 15) is 0 Å². The molecule has 0 atom stereocenters. The monoisotopic (exact) mass is 373 g/mol. The van der Waals surface area contributed by atoms with E-state index in [1.54, 1.807) is 11.0 Å². The molecule has 0 N–H and O–H groups in total. The van der Waals surface area contributed by atoms with Crippen LogP contribution in [0.25, 0.3) is 0 Å². The highest BCUT2D eigenvalue weighted by molar-refractivity contribution is 8.14. The Labute approximate surface area is 154 Å². The van der Waals surface area contributed by atoms with Gasteiger partial charge in [-0.1, -0.05) is 39.5 Å². The molecule has 0 aromatic heterocycles. The highest BCUT2D eigenvalue weighted by Gasteiger charge is 2.37. The lowest BCUT2D eigenvalue weighted by Gasteiger charge is -2.46. The van der Waals surface area contributed by atoms with Crippen LogP contribution in [-0.4, -0.2) is 66.7 Å². The van der Waals surface area contributed by atoms with E-state index in [0.717, 1.165) is 52.5 Å². The van der Waals surface area contributed by atoms with Gasteiger partial charge in [0.2, 0.25) is 0 Å². The van der Waals surface area contributed by atoms with E-state index in [-0.39, 0.29) is 0 Å². The van der Waals surface area contributed by atoms with E-state index in [1.807, 2.05) is 0 Å². The predicted octanol–water partition coefficient (Wildman–Crippen LogP) is 4.10. The third-order valence-corrected chi connectivity index (χ3v) is 11.3. The summed E-state index contributed by atoms with van der Waals surface area (Å²) in [6.07, 6.45) is 3.16. The van der Waals surface area contributed by atoms with Gasteiger partial charge in [-0.25, -0.2) is 0 Å². The van der Waals surface area contributed by atoms with Crippen molar-refractivity contribution in [2.75, 3.05) is 52.5 Å². The molecular weight excluding hydrogens is 337 g/mol. The van der Waals surface area contributed by atoms with Crippen molar-refractivity contribution in [3.63, 3.8) is 0 Å². The van der Waals surface area contributed by atoms with E-state index in [4.69, 9.17) is 16.5 Å². The Morgan fingerprint density at radius 3 is 1.92 bits per heavy atom. The van der Waals surface area contributed by atoms with Crippen molar-refractivity contribution in [2.45, 2.75) is 53.4 Å². The molecule has 140 valence electrons. The molecule has 0 radical (unpaired) electrons. The van der Waals surface area contributed by atoms with E-state index >= 15 is 0 Å². The van der Waals surface area contributed by atoms with Gasteiger partial charge in [-0.05, 0) is 25.7 Å². The van der Waals surface area contributed by atoms with Crippen LogP contribution < -0.4 is 0 Å². The van der Waals surface area contributed by atoms with Crippen molar-refractivity contribution in [1.29, 1.82) is 0 Å². The molecule has 0 bridgehead atoms. The molecule has 2 rings (SSSR count). The Kier molecular flexibility index (Phi) is 8.22. The van der Waals surface area contributed by atoms with Crippen molar-refractivity contribution >= 4 is 18.1 Å². The molecule has 0 unspecified atom stereocenters. The molecule has 1 fully saturated rings. The molecule has 1 saturated heterocycles. The molecule has 6 heteroatoms. The minimum Gasteiger partial charge on any atom is -0.378 e. The van der Waals surface area contributed by atoms with Crippen LogP contribution in [0.1, 0.15) is 53.4 Å². The summed E-state index contributed by atoms with van der Waals surface area (Å²) in [5, 5.41) is 1.61. The Balaban J connectivity index is 2.51. The normalized spacial score (nSPS) is 20.3. The minimum absolute atomic E-state index is 0.857. The zero-order chi connectivity index (χ0) is 17.6. The molecule has 0 aromatic carbocycles. The number of rotatable bonds is 8. The first-order chi connectivity index (χ1) is 11.6. The summed E-state index contributed by atoms with van der Waals surface area (Å²) in [4.78, 5) is 2.59. The van der Waals surface area contributed by atoms with Gasteiger partial charge in [0.15, 0.2) is 0 Å². The minimum atomic E-state index is -1.84. The molecule has 0 aromatic rings. The fourth-order valence-corrected chi connectivity index (χ4v) is 9.68. The molecular formula is C18H36N3OPS. The molecule has 0 amide bonds. The second kappa shape index (κ2) is 9.68. The van der Waals surface area contributed by atoms with E-state index < -0.39 is 6.34 Å². The van der Waals surface area contributed by atoms with Crippen LogP contribution in [0.3, 0.4) is 0 Å². The second-order valence-corrected chi connectivity index (χ2v) is 10.8. The first kappa shape index (κ1) is 20.4. The molecule has 1 heterocycles. The zero-order valence-electron chi connectivity index (χ0n) is 16.1. The summed E-state index contributed by atoms with van der Waals surface area (Å²) in [5.41, 5.74) is 1.58. The van der Waals surface area contributed by atoms with Crippen molar-refractivity contribution < 1.29 is 4.74 Å². The number of hydrogen-bond acceptors (Lipinski definition) is 3. The van der Waals surface area contributed by atoms with Gasteiger partial charge in [0.05, 0.1) is 13.2 Å². The SMILES string of the molecule is CCN(CC)P(=S)(C1=C(N2CCOCC2)CCCC1)N(CC)CC. The van der Waals surface area contributed by atoms with Crippen molar-refractivity contribution in [2.24, 2.45) is 0 Å². The number of ether oxygens (including phenoxy) is 1. The summed E-state index contributed by atoms with van der Waals surface area (Å²) < 4.78 is 10.8. The lowest BCUT2D eigenvalue weighted by Crippen LogP contribution is -2.39. The molecule has 1 aliphatic heterocycles. The standard InChI is InChI=1S/C18H36N3OPS/c1-5-20(6-2)23(24,21(7-3)8-4)18-12-10-9-11-17(18)19-13-15-22-16-14-19/h5-16H2,1-4H3. The van der Waals surface area contributed by atoms with Crippen molar-refractivity contribution in [3.05, 3.63) is 11.0 Å². The summed E-state index contributed by atoms with van der Waals surface area (Å²) >= 11 is 6.55. The second-order valence-electron chi connectivity index (χ2n) is 6.52. The van der Waals surface area contributed by atoms with Crippen LogP contribution in [0, 0.1) is 0 Å². The predicted molar refractivity (Wildman–Crippen MR) is 108 cm³/mol. The molecule has 24 heavy (non-hydrogen) atoms. The van der Waals surface area contributed by atoms with Crippen LogP contribution in [0.2, 0.25) is 0 Å². The van der Waals surface area contributed by atoms with Crippen LogP contribution in [-0.2, 0) is 16.5 Å². The largest absolute Gasteiger partial charge is 0.378 e. The summed E-state index contributed by atoms with van der Waals surface area (Å²) in [7, 11) is 0. The smallest absolute Gasteiger partial charge is 0.104 e. The van der Waals surface area contributed by atoms with Gasteiger partial charge >= 0.3 is 0 Å². The number of nitrogens with zero attached hydrogens (tertiary/aromatic N) is 3. The highest BCUT2D eigenvalue weighted by atomic mass is 32.4. The van der Waals surface area contributed by atoms with Gasteiger partial charge in [-0.15, -0.1) is 0 Å². The van der Waals surface area contributed by atoms with Gasteiger partial charge in [0.25, 0.3) is 0 Å². The maximum absolute atomic E-state index is 6.55. The van der Waals surface area contributed by atoms with E-state index in [0.29, 0.717) is 0 Å². The molecule has 1 aliphatic carbocycles. The number of allylic oxidation sites excluding steroid dienone is 2. The lowest BCUT2D eigenvalue weighted by atomic mass is 10.0. The van der Waals surface area contributed by atoms with Crippen molar-refractivity contribution in [3.8, 4) is 0 Å². The van der Waals surface area contributed by atoms with Crippen molar-refractivity contribution in [1.82, 2.24) is 14.2 Å². The van der Waals surface area contributed by atoms with Gasteiger partial charge in [0, 0.05) is 50.3 Å². The molecule has 0 saturated carbocycles. The highest BCUT2D eigenvalue weighted by Crippen LogP contribution is 2.64. The first-order valence-electron chi connectivity index (χ1n) is 9.79. The lowest BCUT2D eigenvalue weighted by molar-refractivity contribution is 0.0510. The third-order valence-electron chi connectivity index (χ3n) is 5.38. The maximum atomic E-state index is 6.55. The summed E-state index contributed by atoms with van der Waals surface area (Å²) in [6, 6.07) is 0. The Morgan fingerprint density at radius 2 is 1.42 bits per heavy atom. The molecule has 2 aliphatic rings. The van der Waals surface area contributed by atoms with Crippen LogP contribution in [0.4, 0.5) is 0 Å². The van der Waals surface area contributed by atoms with Crippen LogP contribution >= 0.6 is 6.34 Å². The Hall–Kier alpha value is 0.0700. The van der Waals surface area contributed by atoms with E-state index in [1.165, 1.54) is 25.7 Å². The fraction of sp³-hybridized carbons (Fsp3) is 0.889. The third kappa shape index (κ3) is 4.07. The van der Waals surface area contributed by atoms with Gasteiger partial charge in [-0.2, -0.15) is 0 Å². The summed E-state index contributed by atoms with van der Waals surface area (Å²) in [6.45, 7) is 17.0. The van der Waals surface area contributed by atoms with Gasteiger partial charge in [-0.3, -0.25) is 9.34 Å². The average molecular weight is 374 g/mol. The van der Waals surface area contributed by atoms with Crippen LogP contribution in [0.15, 0.2) is 11.0 Å².